The van der Waals surface area contributed by atoms with Crippen LogP contribution in [-0.2, 0) is 32.0 Å². The van der Waals surface area contributed by atoms with E-state index in [0.29, 0.717) is 94.9 Å². The molecule has 0 bridgehead atoms. The van der Waals surface area contributed by atoms with Gasteiger partial charge in [-0.3, -0.25) is 14.4 Å². The lowest BCUT2D eigenvalue weighted by Crippen LogP contribution is -2.58. The highest BCUT2D eigenvalue weighted by atomic mass is 16.5. The predicted octanol–water partition coefficient (Wildman–Crippen LogP) is 3.85. The lowest BCUT2D eigenvalue weighted by atomic mass is 9.75. The van der Waals surface area contributed by atoms with E-state index in [-0.39, 0.29) is 29.7 Å². The SMILES string of the molecule is COc1ccc(CCC(=O)N2CC[C@@H]3NC(=O)[C@@H](Cc4ccccc4)NC(=O)C4(C/C=C/C[C@@H]3C2)CCOCC4)c(OC)c1OC. The summed E-state index contributed by atoms with van der Waals surface area (Å²) in [4.78, 5) is 43.1. The molecular formula is C36H47N3O7. The summed E-state index contributed by atoms with van der Waals surface area (Å²) in [6.45, 7) is 2.14. The lowest BCUT2D eigenvalue weighted by Gasteiger charge is -2.40. The summed E-state index contributed by atoms with van der Waals surface area (Å²) < 4.78 is 22.1. The second-order valence-electron chi connectivity index (χ2n) is 12.5. The number of benzene rings is 2. The second kappa shape index (κ2) is 15.5. The van der Waals surface area contributed by atoms with Gasteiger partial charge in [-0.05, 0) is 55.7 Å². The Morgan fingerprint density at radius 3 is 2.43 bits per heavy atom. The molecule has 2 aromatic rings. The van der Waals surface area contributed by atoms with E-state index in [1.807, 2.05) is 47.4 Å². The van der Waals surface area contributed by atoms with Gasteiger partial charge in [-0.2, -0.15) is 0 Å². The summed E-state index contributed by atoms with van der Waals surface area (Å²) >= 11 is 0. The Morgan fingerprint density at radius 2 is 1.72 bits per heavy atom. The molecule has 0 aromatic heterocycles. The van der Waals surface area contributed by atoms with Gasteiger partial charge in [0.2, 0.25) is 23.5 Å². The molecule has 0 radical (unpaired) electrons. The fourth-order valence-electron chi connectivity index (χ4n) is 6.97. The Bertz CT molecular complexity index is 1390. The number of carbonyl (C=O) groups is 3. The Labute approximate surface area is 271 Å². The molecular weight excluding hydrogens is 586 g/mol. The summed E-state index contributed by atoms with van der Waals surface area (Å²) in [7, 11) is 4.72. The molecule has 0 unspecified atom stereocenters. The number of likely N-dealkylation sites (tertiary alicyclic amines) is 1. The molecule has 0 aliphatic carbocycles. The number of hydrogen-bond acceptors (Lipinski definition) is 7. The molecule has 248 valence electrons. The normalized spacial score (nSPS) is 24.0. The molecule has 3 heterocycles. The summed E-state index contributed by atoms with van der Waals surface area (Å²) in [5, 5.41) is 6.42. The van der Waals surface area contributed by atoms with Crippen molar-refractivity contribution in [1.29, 1.82) is 0 Å². The minimum atomic E-state index is -0.699. The number of ether oxygens (including phenoxy) is 4. The van der Waals surface area contributed by atoms with Crippen molar-refractivity contribution < 1.29 is 33.3 Å². The Morgan fingerprint density at radius 1 is 0.957 bits per heavy atom. The van der Waals surface area contributed by atoms with Crippen molar-refractivity contribution >= 4 is 17.7 Å². The van der Waals surface area contributed by atoms with Gasteiger partial charge in [-0.1, -0.05) is 48.6 Å². The van der Waals surface area contributed by atoms with Crippen LogP contribution in [0.5, 0.6) is 17.2 Å². The molecule has 0 saturated carbocycles. The first-order valence-electron chi connectivity index (χ1n) is 16.3. The Balaban J connectivity index is 1.31. The average molecular weight is 634 g/mol. The summed E-state index contributed by atoms with van der Waals surface area (Å²) in [6, 6.07) is 12.7. The minimum absolute atomic E-state index is 0.0478. The van der Waals surface area contributed by atoms with E-state index in [2.05, 4.69) is 22.8 Å². The quantitative estimate of drug-likeness (QED) is 0.425. The van der Waals surface area contributed by atoms with Gasteiger partial charge in [0.05, 0.1) is 26.7 Å². The third-order valence-electron chi connectivity index (χ3n) is 9.76. The van der Waals surface area contributed by atoms with E-state index in [0.717, 1.165) is 11.1 Å². The maximum Gasteiger partial charge on any atom is 0.243 e. The number of amides is 3. The van der Waals surface area contributed by atoms with Crippen LogP contribution in [0.15, 0.2) is 54.6 Å². The molecule has 3 atom stereocenters. The third-order valence-corrected chi connectivity index (χ3v) is 9.76. The first-order chi connectivity index (χ1) is 22.4. The summed E-state index contributed by atoms with van der Waals surface area (Å²) in [5.74, 6) is 1.50. The topological polar surface area (TPSA) is 115 Å². The standard InChI is InChI=1S/C36H47N3O7/c1-43-30-14-12-26(32(44-2)33(30)45-3)13-15-31(40)39-20-16-28-27(24-39)11-7-8-17-36(18-21-46-22-19-36)35(42)38-29(34(41)37-28)23-25-9-5-4-6-10-25/h4-10,12,14,27-29H,11,13,15-24H2,1-3H3,(H,37,41)(H,38,42)/b8-7+/t27-,28+,29-/m1/s1. The van der Waals surface area contributed by atoms with Gasteiger partial charge < -0.3 is 34.5 Å². The molecule has 5 rings (SSSR count). The zero-order chi connectivity index (χ0) is 32.5. The van der Waals surface area contributed by atoms with E-state index in [4.69, 9.17) is 18.9 Å². The smallest absolute Gasteiger partial charge is 0.243 e. The molecule has 2 aromatic carbocycles. The number of carbonyl (C=O) groups excluding carboxylic acids is 3. The van der Waals surface area contributed by atoms with Crippen LogP contribution >= 0.6 is 0 Å². The number of piperidine rings is 1. The highest BCUT2D eigenvalue weighted by Gasteiger charge is 2.41. The van der Waals surface area contributed by atoms with Gasteiger partial charge in [0.25, 0.3) is 0 Å². The van der Waals surface area contributed by atoms with Crippen LogP contribution < -0.4 is 24.8 Å². The van der Waals surface area contributed by atoms with Gasteiger partial charge in [-0.15, -0.1) is 0 Å². The van der Waals surface area contributed by atoms with Crippen molar-refractivity contribution in [3.05, 3.63) is 65.7 Å². The average Bonchev–Trinajstić information content (AvgIpc) is 3.09. The number of fused-ring (bicyclic) bond motifs is 1. The van der Waals surface area contributed by atoms with E-state index >= 15 is 0 Å². The molecule has 2 saturated heterocycles. The van der Waals surface area contributed by atoms with Crippen molar-refractivity contribution in [3.63, 3.8) is 0 Å². The molecule has 1 spiro atoms. The van der Waals surface area contributed by atoms with E-state index in [9.17, 15) is 14.4 Å². The van der Waals surface area contributed by atoms with Crippen LogP contribution in [0.1, 0.15) is 49.7 Å². The number of rotatable bonds is 8. The molecule has 46 heavy (non-hydrogen) atoms. The molecule has 2 N–H and O–H groups in total. The van der Waals surface area contributed by atoms with Gasteiger partial charge in [-0.25, -0.2) is 0 Å². The van der Waals surface area contributed by atoms with Gasteiger partial charge in [0.1, 0.15) is 6.04 Å². The Kier molecular flexibility index (Phi) is 11.2. The lowest BCUT2D eigenvalue weighted by molar-refractivity contribution is -0.140. The number of nitrogens with one attached hydrogen (secondary N) is 2. The number of aryl methyl sites for hydroxylation is 1. The molecule has 3 aliphatic heterocycles. The fraction of sp³-hybridized carbons (Fsp3) is 0.528. The maximum absolute atomic E-state index is 13.9. The van der Waals surface area contributed by atoms with Crippen molar-refractivity contribution in [2.75, 3.05) is 47.6 Å². The fourth-order valence-corrected chi connectivity index (χ4v) is 6.97. The molecule has 3 aliphatic rings. The maximum atomic E-state index is 13.9. The second-order valence-corrected chi connectivity index (χ2v) is 12.5. The van der Waals surface area contributed by atoms with E-state index in [1.165, 1.54) is 0 Å². The zero-order valence-corrected chi connectivity index (χ0v) is 27.2. The number of nitrogens with zero attached hydrogens (tertiary/aromatic N) is 1. The van der Waals surface area contributed by atoms with Crippen LogP contribution in [0.3, 0.4) is 0 Å². The van der Waals surface area contributed by atoms with Crippen LogP contribution in [-0.4, -0.2) is 82.3 Å². The Hall–Kier alpha value is -4.05. The van der Waals surface area contributed by atoms with Crippen molar-refractivity contribution in [2.24, 2.45) is 11.3 Å². The first-order valence-corrected chi connectivity index (χ1v) is 16.3. The van der Waals surface area contributed by atoms with Gasteiger partial charge in [0, 0.05) is 51.1 Å². The molecule has 10 nitrogen and oxygen atoms in total. The summed E-state index contributed by atoms with van der Waals surface area (Å²) in [6.07, 6.45) is 8.62. The van der Waals surface area contributed by atoms with Crippen molar-refractivity contribution in [2.45, 2.75) is 63.5 Å². The predicted molar refractivity (Wildman–Crippen MR) is 174 cm³/mol. The van der Waals surface area contributed by atoms with Crippen LogP contribution in [0.25, 0.3) is 0 Å². The van der Waals surface area contributed by atoms with Crippen molar-refractivity contribution in [3.8, 4) is 17.2 Å². The largest absolute Gasteiger partial charge is 0.493 e. The van der Waals surface area contributed by atoms with E-state index in [1.54, 1.807) is 21.3 Å². The monoisotopic (exact) mass is 633 g/mol. The van der Waals surface area contributed by atoms with Crippen LogP contribution in [0, 0.1) is 11.3 Å². The first kappa shape index (κ1) is 33.3. The highest BCUT2D eigenvalue weighted by Crippen LogP contribution is 2.40. The van der Waals surface area contributed by atoms with Gasteiger partial charge >= 0.3 is 0 Å². The van der Waals surface area contributed by atoms with Crippen LogP contribution in [0.4, 0.5) is 0 Å². The van der Waals surface area contributed by atoms with Crippen molar-refractivity contribution in [1.82, 2.24) is 15.5 Å². The number of methoxy groups -OCH3 is 3. The zero-order valence-electron chi connectivity index (χ0n) is 27.2. The summed E-state index contributed by atoms with van der Waals surface area (Å²) in [5.41, 5.74) is 1.25. The molecule has 10 heteroatoms. The number of allylic oxidation sites excluding steroid dienone is 2. The highest BCUT2D eigenvalue weighted by molar-refractivity contribution is 5.90. The third kappa shape index (κ3) is 7.66. The van der Waals surface area contributed by atoms with Crippen LogP contribution in [0.2, 0.25) is 0 Å². The minimum Gasteiger partial charge on any atom is -0.493 e. The molecule has 3 amide bonds. The number of hydrogen-bond donors (Lipinski definition) is 2. The van der Waals surface area contributed by atoms with E-state index < -0.39 is 11.5 Å². The molecule has 2 fully saturated rings. The van der Waals surface area contributed by atoms with Gasteiger partial charge in [0.15, 0.2) is 11.5 Å².